The van der Waals surface area contributed by atoms with Gasteiger partial charge in [-0.25, -0.2) is 0 Å². The van der Waals surface area contributed by atoms with E-state index in [-0.39, 0.29) is 16.7 Å². The van der Waals surface area contributed by atoms with Gasteiger partial charge in [-0.2, -0.15) is 13.2 Å². The molecular weight excluding hydrogens is 389 g/mol. The summed E-state index contributed by atoms with van der Waals surface area (Å²) in [6, 6.07) is 3.85. The van der Waals surface area contributed by atoms with Gasteiger partial charge in [0.05, 0.1) is 16.5 Å². The first kappa shape index (κ1) is 21.0. The van der Waals surface area contributed by atoms with Gasteiger partial charge in [-0.05, 0) is 36.5 Å². The van der Waals surface area contributed by atoms with Crippen LogP contribution in [0.15, 0.2) is 24.3 Å². The summed E-state index contributed by atoms with van der Waals surface area (Å²) in [4.78, 5) is 26.6. The SMILES string of the molecule is CC(C)(C)[C@H](NC(=O)[C@H]1CS[C@@]2(C)CCC(=O)N12)c1cccc(C(F)(F)F)c1. The summed E-state index contributed by atoms with van der Waals surface area (Å²) < 4.78 is 39.4. The zero-order chi connectivity index (χ0) is 20.9. The van der Waals surface area contributed by atoms with Crippen molar-refractivity contribution in [3.63, 3.8) is 0 Å². The number of alkyl halides is 3. The average Bonchev–Trinajstić information content (AvgIpc) is 3.07. The minimum atomic E-state index is -4.45. The molecule has 2 amide bonds. The fourth-order valence-corrected chi connectivity index (χ4v) is 5.38. The zero-order valence-corrected chi connectivity index (χ0v) is 17.2. The minimum absolute atomic E-state index is 0.0426. The van der Waals surface area contributed by atoms with Gasteiger partial charge in [0.1, 0.15) is 6.04 Å². The lowest BCUT2D eigenvalue weighted by Gasteiger charge is -2.35. The number of amides is 2. The fourth-order valence-electron chi connectivity index (χ4n) is 3.95. The summed E-state index contributed by atoms with van der Waals surface area (Å²) in [7, 11) is 0. The smallest absolute Gasteiger partial charge is 0.347 e. The number of benzene rings is 1. The summed E-state index contributed by atoms with van der Waals surface area (Å²) in [6.45, 7) is 7.57. The summed E-state index contributed by atoms with van der Waals surface area (Å²) in [5.41, 5.74) is -0.853. The summed E-state index contributed by atoms with van der Waals surface area (Å²) in [6.07, 6.45) is -3.32. The molecule has 2 fully saturated rings. The van der Waals surface area contributed by atoms with E-state index in [2.05, 4.69) is 5.32 Å². The molecule has 2 aliphatic rings. The zero-order valence-electron chi connectivity index (χ0n) is 16.4. The second kappa shape index (κ2) is 6.97. The van der Waals surface area contributed by atoms with Crippen molar-refractivity contribution in [1.82, 2.24) is 10.2 Å². The van der Waals surface area contributed by atoms with Crippen molar-refractivity contribution in [3.8, 4) is 0 Å². The van der Waals surface area contributed by atoms with Crippen LogP contribution >= 0.6 is 11.8 Å². The number of halogens is 3. The predicted octanol–water partition coefficient (Wildman–Crippen LogP) is 4.36. The Morgan fingerprint density at radius 3 is 2.61 bits per heavy atom. The van der Waals surface area contributed by atoms with E-state index in [9.17, 15) is 22.8 Å². The van der Waals surface area contributed by atoms with Crippen molar-refractivity contribution in [2.75, 3.05) is 5.75 Å². The molecule has 1 aromatic rings. The van der Waals surface area contributed by atoms with Gasteiger partial charge < -0.3 is 10.2 Å². The molecule has 4 nitrogen and oxygen atoms in total. The van der Waals surface area contributed by atoms with E-state index in [1.54, 1.807) is 22.7 Å². The van der Waals surface area contributed by atoms with E-state index < -0.39 is 29.2 Å². The largest absolute Gasteiger partial charge is 0.416 e. The monoisotopic (exact) mass is 414 g/mol. The number of hydrogen-bond acceptors (Lipinski definition) is 3. The maximum atomic E-state index is 13.1. The van der Waals surface area contributed by atoms with Crippen LogP contribution in [0.5, 0.6) is 0 Å². The highest BCUT2D eigenvalue weighted by atomic mass is 32.2. The number of carbonyl (C=O) groups excluding carboxylic acids is 2. The summed E-state index contributed by atoms with van der Waals surface area (Å²) >= 11 is 1.59. The quantitative estimate of drug-likeness (QED) is 0.799. The maximum absolute atomic E-state index is 13.1. The van der Waals surface area contributed by atoms with Gasteiger partial charge >= 0.3 is 6.18 Å². The normalized spacial score (nSPS) is 26.3. The summed E-state index contributed by atoms with van der Waals surface area (Å²) in [5.74, 6) is 0.135. The minimum Gasteiger partial charge on any atom is -0.347 e. The van der Waals surface area contributed by atoms with Crippen LogP contribution < -0.4 is 5.32 Å². The van der Waals surface area contributed by atoms with Crippen LogP contribution in [-0.4, -0.2) is 33.4 Å². The number of fused-ring (bicyclic) bond motifs is 1. The third-order valence-corrected chi connectivity index (χ3v) is 6.95. The van der Waals surface area contributed by atoms with Crippen molar-refractivity contribution in [2.24, 2.45) is 5.41 Å². The molecule has 0 radical (unpaired) electrons. The second-order valence-electron chi connectivity index (χ2n) is 8.70. The Balaban J connectivity index is 1.87. The Bertz CT molecular complexity index is 790. The molecule has 0 aliphatic carbocycles. The molecule has 0 spiro atoms. The number of thioether (sulfide) groups is 1. The molecule has 28 heavy (non-hydrogen) atoms. The molecule has 0 aromatic heterocycles. The van der Waals surface area contributed by atoms with Crippen LogP contribution in [0.1, 0.15) is 57.7 Å². The molecule has 154 valence electrons. The van der Waals surface area contributed by atoms with Gasteiger partial charge in [0.15, 0.2) is 0 Å². The van der Waals surface area contributed by atoms with Crippen molar-refractivity contribution < 1.29 is 22.8 Å². The molecule has 0 saturated carbocycles. The third-order valence-electron chi connectivity index (χ3n) is 5.45. The van der Waals surface area contributed by atoms with Gasteiger partial charge in [0, 0.05) is 12.2 Å². The molecule has 2 saturated heterocycles. The van der Waals surface area contributed by atoms with Gasteiger partial charge in [-0.3, -0.25) is 9.59 Å². The van der Waals surface area contributed by atoms with Crippen molar-refractivity contribution >= 4 is 23.6 Å². The number of nitrogens with zero attached hydrogens (tertiary/aromatic N) is 1. The first-order valence-corrected chi connectivity index (χ1v) is 10.3. The van der Waals surface area contributed by atoms with E-state index in [4.69, 9.17) is 0 Å². The molecule has 0 bridgehead atoms. The van der Waals surface area contributed by atoms with Gasteiger partial charge in [0.2, 0.25) is 11.8 Å². The highest BCUT2D eigenvalue weighted by Crippen LogP contribution is 2.47. The van der Waals surface area contributed by atoms with E-state index >= 15 is 0 Å². The van der Waals surface area contributed by atoms with E-state index in [1.165, 1.54) is 6.07 Å². The Morgan fingerprint density at radius 2 is 2.00 bits per heavy atom. The summed E-state index contributed by atoms with van der Waals surface area (Å²) in [5, 5.41) is 2.93. The molecule has 2 aliphatic heterocycles. The first-order chi connectivity index (χ1) is 12.8. The molecule has 3 atom stereocenters. The maximum Gasteiger partial charge on any atom is 0.416 e. The van der Waals surface area contributed by atoms with Crippen LogP contribution in [0, 0.1) is 5.41 Å². The average molecular weight is 414 g/mol. The molecular formula is C20H25F3N2O2S. The van der Waals surface area contributed by atoms with E-state index in [0.717, 1.165) is 12.1 Å². The van der Waals surface area contributed by atoms with Gasteiger partial charge in [-0.1, -0.05) is 32.9 Å². The number of rotatable bonds is 3. The molecule has 1 aromatic carbocycles. The molecule has 3 rings (SSSR count). The Kier molecular flexibility index (Phi) is 5.23. The fraction of sp³-hybridized carbons (Fsp3) is 0.600. The van der Waals surface area contributed by atoms with E-state index in [1.807, 2.05) is 27.7 Å². The van der Waals surface area contributed by atoms with Crippen molar-refractivity contribution in [1.29, 1.82) is 0 Å². The number of nitrogens with one attached hydrogen (secondary N) is 1. The number of carbonyl (C=O) groups is 2. The van der Waals surface area contributed by atoms with Crippen LogP contribution in [0.3, 0.4) is 0 Å². The van der Waals surface area contributed by atoms with Crippen LogP contribution in [0.2, 0.25) is 0 Å². The number of hydrogen-bond donors (Lipinski definition) is 1. The highest BCUT2D eigenvalue weighted by Gasteiger charge is 2.53. The van der Waals surface area contributed by atoms with Gasteiger partial charge in [0.25, 0.3) is 0 Å². The van der Waals surface area contributed by atoms with Crippen LogP contribution in [0.25, 0.3) is 0 Å². The Morgan fingerprint density at radius 1 is 1.32 bits per heavy atom. The van der Waals surface area contributed by atoms with Crippen LogP contribution in [0.4, 0.5) is 13.2 Å². The highest BCUT2D eigenvalue weighted by molar-refractivity contribution is 8.01. The lowest BCUT2D eigenvalue weighted by Crippen LogP contribution is -2.52. The lowest BCUT2D eigenvalue weighted by atomic mass is 9.81. The van der Waals surface area contributed by atoms with E-state index in [0.29, 0.717) is 24.2 Å². The Hall–Kier alpha value is -1.70. The standard InChI is InChI=1S/C20H25F3N2O2S/c1-18(2,3)16(12-6-5-7-13(10-12)20(21,22)23)24-17(27)14-11-28-19(4)9-8-15(26)25(14)19/h5-7,10,14,16H,8-9,11H2,1-4H3,(H,24,27)/t14-,16-,19+/m1/s1. The first-order valence-electron chi connectivity index (χ1n) is 9.26. The van der Waals surface area contributed by atoms with Gasteiger partial charge in [-0.15, -0.1) is 11.8 Å². The molecule has 0 unspecified atom stereocenters. The molecule has 1 N–H and O–H groups in total. The molecule has 2 heterocycles. The lowest BCUT2D eigenvalue weighted by molar-refractivity contribution is -0.138. The van der Waals surface area contributed by atoms with Crippen molar-refractivity contribution in [3.05, 3.63) is 35.4 Å². The van der Waals surface area contributed by atoms with Crippen molar-refractivity contribution in [2.45, 2.75) is 63.7 Å². The molecule has 8 heteroatoms. The predicted molar refractivity (Wildman–Crippen MR) is 103 cm³/mol. The van der Waals surface area contributed by atoms with Crippen LogP contribution in [-0.2, 0) is 15.8 Å². The third kappa shape index (κ3) is 3.88. The Labute approximate surface area is 167 Å². The second-order valence-corrected chi connectivity index (χ2v) is 10.2. The topological polar surface area (TPSA) is 49.4 Å².